The lowest BCUT2D eigenvalue weighted by Gasteiger charge is -1.93. The lowest BCUT2D eigenvalue weighted by Crippen LogP contribution is -2.24. The molecule has 0 rings (SSSR count). The highest BCUT2D eigenvalue weighted by Gasteiger charge is 1.94. The molecule has 0 heterocycles. The minimum atomic E-state index is -0.666. The molecule has 0 radical (unpaired) electrons. The fourth-order valence-electron chi connectivity index (χ4n) is 0.281. The molecule has 0 saturated carbocycles. The second kappa shape index (κ2) is 3.66. The monoisotopic (exact) mass is 142 g/mol. The summed E-state index contributed by atoms with van der Waals surface area (Å²) in [6, 6.07) is -0.666. The Bertz CT molecular complexity index is 184. The van der Waals surface area contributed by atoms with Gasteiger partial charge in [-0.25, -0.2) is 4.79 Å². The fourth-order valence-corrected chi connectivity index (χ4v) is 0.281. The Balaban J connectivity index is 3.92. The number of amides is 2. The quantitative estimate of drug-likeness (QED) is 0.538. The second-order valence-electron chi connectivity index (χ2n) is 1.89. The van der Waals surface area contributed by atoms with Crippen LogP contribution in [0.2, 0.25) is 0 Å². The maximum Gasteiger partial charge on any atom is 0.316 e. The van der Waals surface area contributed by atoms with Crippen molar-refractivity contribution in [2.75, 3.05) is 0 Å². The predicted octanol–water partition coefficient (Wildman–Crippen LogP) is 0.148. The Kier molecular flexibility index (Phi) is 3.17. The molecule has 0 atom stereocenters. The summed E-state index contributed by atoms with van der Waals surface area (Å²) < 4.78 is 0. The van der Waals surface area contributed by atoms with Crippen molar-refractivity contribution in [3.8, 4) is 0 Å². The van der Waals surface area contributed by atoms with Crippen molar-refractivity contribution in [3.05, 3.63) is 11.8 Å². The standard InChI is InChI=1S/C6H10N2O2/c1-4(5(2)9)3-8-6(7)10/h3H,1-2H3,(H3,7,8,10)/b4-3+. The van der Waals surface area contributed by atoms with Crippen LogP contribution in [0.25, 0.3) is 0 Å². The van der Waals surface area contributed by atoms with Gasteiger partial charge in [0.1, 0.15) is 0 Å². The van der Waals surface area contributed by atoms with Gasteiger partial charge in [0.2, 0.25) is 0 Å². The van der Waals surface area contributed by atoms with Gasteiger partial charge in [0.15, 0.2) is 5.78 Å². The van der Waals surface area contributed by atoms with Gasteiger partial charge in [0.25, 0.3) is 0 Å². The Morgan fingerprint density at radius 1 is 1.40 bits per heavy atom. The van der Waals surface area contributed by atoms with Gasteiger partial charge < -0.3 is 11.1 Å². The highest BCUT2D eigenvalue weighted by atomic mass is 16.2. The number of primary amides is 1. The van der Waals surface area contributed by atoms with Crippen LogP contribution < -0.4 is 11.1 Å². The Morgan fingerprint density at radius 3 is 2.20 bits per heavy atom. The molecule has 0 spiro atoms. The highest BCUT2D eigenvalue weighted by molar-refractivity contribution is 5.93. The van der Waals surface area contributed by atoms with E-state index < -0.39 is 6.03 Å². The van der Waals surface area contributed by atoms with E-state index in [0.29, 0.717) is 5.57 Å². The number of hydrogen-bond donors (Lipinski definition) is 2. The SMILES string of the molecule is CC(=O)/C(C)=C/NC(N)=O. The van der Waals surface area contributed by atoms with Gasteiger partial charge in [0.05, 0.1) is 0 Å². The zero-order valence-corrected chi connectivity index (χ0v) is 5.97. The minimum Gasteiger partial charge on any atom is -0.351 e. The molecule has 56 valence electrons. The van der Waals surface area contributed by atoms with E-state index in [1.165, 1.54) is 13.1 Å². The van der Waals surface area contributed by atoms with Crippen molar-refractivity contribution in [3.63, 3.8) is 0 Å². The zero-order valence-electron chi connectivity index (χ0n) is 5.97. The fraction of sp³-hybridized carbons (Fsp3) is 0.333. The molecule has 0 unspecified atom stereocenters. The summed E-state index contributed by atoms with van der Waals surface area (Å²) in [4.78, 5) is 20.6. The molecule has 0 bridgehead atoms. The van der Waals surface area contributed by atoms with Crippen molar-refractivity contribution in [2.24, 2.45) is 5.73 Å². The first kappa shape index (κ1) is 8.68. The van der Waals surface area contributed by atoms with Crippen LogP contribution in [-0.4, -0.2) is 11.8 Å². The smallest absolute Gasteiger partial charge is 0.316 e. The summed E-state index contributed by atoms with van der Waals surface area (Å²) in [6.45, 7) is 3.01. The topological polar surface area (TPSA) is 72.2 Å². The van der Waals surface area contributed by atoms with Crippen LogP contribution in [-0.2, 0) is 4.79 Å². The van der Waals surface area contributed by atoms with E-state index in [0.717, 1.165) is 0 Å². The highest BCUT2D eigenvalue weighted by Crippen LogP contribution is 1.89. The summed E-state index contributed by atoms with van der Waals surface area (Å²) in [5, 5.41) is 2.18. The number of nitrogens with two attached hydrogens (primary N) is 1. The molecule has 0 aliphatic heterocycles. The van der Waals surface area contributed by atoms with Crippen molar-refractivity contribution in [1.82, 2.24) is 5.32 Å². The predicted molar refractivity (Wildman–Crippen MR) is 37.2 cm³/mol. The lowest BCUT2D eigenvalue weighted by atomic mass is 10.2. The van der Waals surface area contributed by atoms with Crippen LogP contribution in [0.1, 0.15) is 13.8 Å². The van der Waals surface area contributed by atoms with Crippen molar-refractivity contribution in [2.45, 2.75) is 13.8 Å². The van der Waals surface area contributed by atoms with E-state index in [-0.39, 0.29) is 5.78 Å². The van der Waals surface area contributed by atoms with Crippen LogP contribution in [0.3, 0.4) is 0 Å². The number of allylic oxidation sites excluding steroid dienone is 1. The largest absolute Gasteiger partial charge is 0.351 e. The molecule has 0 aliphatic rings. The molecule has 0 aromatic rings. The van der Waals surface area contributed by atoms with Crippen LogP contribution in [0.5, 0.6) is 0 Å². The van der Waals surface area contributed by atoms with Crippen LogP contribution in [0.15, 0.2) is 11.8 Å². The molecular formula is C6H10N2O2. The number of nitrogens with one attached hydrogen (secondary N) is 1. The third-order valence-electron chi connectivity index (χ3n) is 0.986. The van der Waals surface area contributed by atoms with Crippen molar-refractivity contribution >= 4 is 11.8 Å². The molecule has 3 N–H and O–H groups in total. The first-order chi connectivity index (χ1) is 4.54. The first-order valence-corrected chi connectivity index (χ1v) is 2.77. The third-order valence-corrected chi connectivity index (χ3v) is 0.986. The number of rotatable bonds is 2. The zero-order chi connectivity index (χ0) is 8.15. The molecule has 0 aliphatic carbocycles. The van der Waals surface area contributed by atoms with Crippen LogP contribution in [0.4, 0.5) is 4.79 Å². The van der Waals surface area contributed by atoms with Crippen LogP contribution >= 0.6 is 0 Å². The van der Waals surface area contributed by atoms with Gasteiger partial charge in [0, 0.05) is 11.8 Å². The second-order valence-corrected chi connectivity index (χ2v) is 1.89. The maximum absolute atomic E-state index is 10.5. The van der Waals surface area contributed by atoms with E-state index in [2.05, 4.69) is 5.32 Å². The van der Waals surface area contributed by atoms with Gasteiger partial charge in [-0.2, -0.15) is 0 Å². The molecule has 0 saturated heterocycles. The molecule has 0 aromatic carbocycles. The molecule has 0 fully saturated rings. The average Bonchev–Trinajstić information content (AvgIpc) is 1.82. The Hall–Kier alpha value is -1.32. The van der Waals surface area contributed by atoms with Gasteiger partial charge in [-0.1, -0.05) is 0 Å². The third kappa shape index (κ3) is 3.65. The number of urea groups is 1. The van der Waals surface area contributed by atoms with Gasteiger partial charge in [-0.05, 0) is 13.8 Å². The minimum absolute atomic E-state index is 0.0891. The molecule has 4 nitrogen and oxygen atoms in total. The van der Waals surface area contributed by atoms with E-state index in [4.69, 9.17) is 5.73 Å². The first-order valence-electron chi connectivity index (χ1n) is 2.77. The number of hydrogen-bond acceptors (Lipinski definition) is 2. The number of carbonyl (C=O) groups excluding carboxylic acids is 2. The summed E-state index contributed by atoms with van der Waals surface area (Å²) in [7, 11) is 0. The molecular weight excluding hydrogens is 132 g/mol. The van der Waals surface area contributed by atoms with E-state index >= 15 is 0 Å². The molecule has 10 heavy (non-hydrogen) atoms. The lowest BCUT2D eigenvalue weighted by molar-refractivity contribution is -0.113. The number of Topliss-reactive ketones (excluding diaryl/α,β-unsaturated/α-hetero) is 1. The van der Waals surface area contributed by atoms with Gasteiger partial charge in [-0.3, -0.25) is 4.79 Å². The van der Waals surface area contributed by atoms with Crippen LogP contribution in [0, 0.1) is 0 Å². The summed E-state index contributed by atoms with van der Waals surface area (Å²) >= 11 is 0. The average molecular weight is 142 g/mol. The van der Waals surface area contributed by atoms with Gasteiger partial charge >= 0.3 is 6.03 Å². The van der Waals surface area contributed by atoms with E-state index in [1.54, 1.807) is 6.92 Å². The van der Waals surface area contributed by atoms with Gasteiger partial charge in [-0.15, -0.1) is 0 Å². The summed E-state index contributed by atoms with van der Waals surface area (Å²) in [6.07, 6.45) is 1.28. The number of carbonyl (C=O) groups is 2. The molecule has 0 aromatic heterocycles. The molecule has 2 amide bonds. The molecule has 4 heteroatoms. The van der Waals surface area contributed by atoms with Crippen molar-refractivity contribution < 1.29 is 9.59 Å². The van der Waals surface area contributed by atoms with E-state index in [9.17, 15) is 9.59 Å². The van der Waals surface area contributed by atoms with E-state index in [1.807, 2.05) is 0 Å². The summed E-state index contributed by atoms with van der Waals surface area (Å²) in [5.41, 5.74) is 5.21. The Morgan fingerprint density at radius 2 is 1.90 bits per heavy atom. The normalized spacial score (nSPS) is 10.8. The maximum atomic E-state index is 10.5. The summed E-state index contributed by atoms with van der Waals surface area (Å²) in [5.74, 6) is -0.0891. The van der Waals surface area contributed by atoms with Crippen molar-refractivity contribution in [1.29, 1.82) is 0 Å². The number of ketones is 1. The Labute approximate surface area is 59.1 Å².